The van der Waals surface area contributed by atoms with Gasteiger partial charge in [0.1, 0.15) is 6.10 Å². The molecule has 1 heteroatoms. The maximum absolute atomic E-state index is 9.90. The van der Waals surface area contributed by atoms with Gasteiger partial charge in [0.15, 0.2) is 0 Å². The fourth-order valence-corrected chi connectivity index (χ4v) is 3.66. The number of rotatable bonds is 0. The molecule has 0 aromatic heterocycles. The summed E-state index contributed by atoms with van der Waals surface area (Å²) in [6, 6.07) is 0. The van der Waals surface area contributed by atoms with E-state index in [4.69, 9.17) is 0 Å². The standard InChI is InChI=1S/C11H15O/c1-10(2)8-6-11(10)4-3-7(8)5-9(11)12/h3-4,7-8,12H,5-6H2,1-2H3. The molecule has 6 aliphatic carbocycles. The normalized spacial score (nSPS) is 53.9. The molecule has 65 valence electrons. The zero-order valence-corrected chi connectivity index (χ0v) is 7.67. The molecule has 0 amide bonds. The van der Waals surface area contributed by atoms with Gasteiger partial charge in [-0.2, -0.15) is 0 Å². The molecule has 0 aromatic rings. The first-order valence-electron chi connectivity index (χ1n) is 4.82. The van der Waals surface area contributed by atoms with Gasteiger partial charge in [-0.15, -0.1) is 0 Å². The van der Waals surface area contributed by atoms with E-state index in [1.54, 1.807) is 0 Å². The van der Waals surface area contributed by atoms with Crippen molar-refractivity contribution in [1.82, 2.24) is 0 Å². The molecule has 1 spiro atoms. The van der Waals surface area contributed by atoms with E-state index in [0.29, 0.717) is 11.3 Å². The van der Waals surface area contributed by atoms with Crippen LogP contribution in [-0.4, -0.2) is 5.11 Å². The predicted molar refractivity (Wildman–Crippen MR) is 46.7 cm³/mol. The number of allylic oxidation sites excluding steroid dienone is 1. The SMILES string of the molecule is CC1(C)C2CC13C=CC2C[C]3O. The highest BCUT2D eigenvalue weighted by Crippen LogP contribution is 2.75. The molecule has 12 heavy (non-hydrogen) atoms. The van der Waals surface area contributed by atoms with Crippen LogP contribution in [0, 0.1) is 28.8 Å². The van der Waals surface area contributed by atoms with Crippen LogP contribution in [0.15, 0.2) is 12.2 Å². The summed E-state index contributed by atoms with van der Waals surface area (Å²) >= 11 is 0. The van der Waals surface area contributed by atoms with Crippen molar-refractivity contribution in [3.05, 3.63) is 18.3 Å². The first kappa shape index (κ1) is 7.14. The Morgan fingerprint density at radius 2 is 2.25 bits per heavy atom. The molecule has 1 N–H and O–H groups in total. The molecule has 6 rings (SSSR count). The molecular formula is C11H15O. The van der Waals surface area contributed by atoms with Crippen molar-refractivity contribution in [2.45, 2.75) is 26.7 Å². The Balaban J connectivity index is 2.16. The third-order valence-corrected chi connectivity index (χ3v) is 4.71. The lowest BCUT2D eigenvalue weighted by Crippen LogP contribution is -2.65. The largest absolute Gasteiger partial charge is 0.386 e. The maximum atomic E-state index is 9.90. The van der Waals surface area contributed by atoms with Crippen LogP contribution in [0.5, 0.6) is 0 Å². The predicted octanol–water partition coefficient (Wildman–Crippen LogP) is 2.51. The van der Waals surface area contributed by atoms with Crippen molar-refractivity contribution in [2.24, 2.45) is 22.7 Å². The molecule has 1 nitrogen and oxygen atoms in total. The fraction of sp³-hybridized carbons (Fsp3) is 0.727. The second-order valence-corrected chi connectivity index (χ2v) is 5.18. The van der Waals surface area contributed by atoms with Gasteiger partial charge < -0.3 is 5.11 Å². The van der Waals surface area contributed by atoms with E-state index in [2.05, 4.69) is 26.0 Å². The third kappa shape index (κ3) is 0.466. The topological polar surface area (TPSA) is 20.2 Å². The van der Waals surface area contributed by atoms with Crippen molar-refractivity contribution in [3.63, 3.8) is 0 Å². The highest BCUT2D eigenvalue weighted by molar-refractivity contribution is 5.36. The van der Waals surface area contributed by atoms with Crippen molar-refractivity contribution >= 4 is 0 Å². The first-order chi connectivity index (χ1) is 5.58. The minimum absolute atomic E-state index is 0.0758. The van der Waals surface area contributed by atoms with Crippen LogP contribution in [0.2, 0.25) is 0 Å². The quantitative estimate of drug-likeness (QED) is 0.544. The molecule has 3 atom stereocenters. The third-order valence-electron chi connectivity index (χ3n) is 4.71. The van der Waals surface area contributed by atoms with Gasteiger partial charge in [-0.05, 0) is 30.1 Å². The lowest BCUT2D eigenvalue weighted by Gasteiger charge is -2.71. The highest BCUT2D eigenvalue weighted by Gasteiger charge is 2.69. The summed E-state index contributed by atoms with van der Waals surface area (Å²) in [5, 5.41) is 9.90. The molecule has 6 aliphatic rings. The highest BCUT2D eigenvalue weighted by atomic mass is 16.3. The summed E-state index contributed by atoms with van der Waals surface area (Å²) < 4.78 is 0. The Hall–Kier alpha value is -0.300. The van der Waals surface area contributed by atoms with Gasteiger partial charge in [0.05, 0.1) is 0 Å². The van der Waals surface area contributed by atoms with Crippen molar-refractivity contribution in [1.29, 1.82) is 0 Å². The minimum atomic E-state index is 0.0758. The van der Waals surface area contributed by atoms with E-state index < -0.39 is 0 Å². The second kappa shape index (κ2) is 1.65. The van der Waals surface area contributed by atoms with E-state index in [1.165, 1.54) is 6.42 Å². The van der Waals surface area contributed by atoms with Gasteiger partial charge in [-0.3, -0.25) is 0 Å². The molecule has 0 aliphatic heterocycles. The molecule has 0 aromatic carbocycles. The molecule has 3 saturated carbocycles. The molecule has 0 heterocycles. The summed E-state index contributed by atoms with van der Waals surface area (Å²) in [4.78, 5) is 0. The number of hydrogen-bond acceptors (Lipinski definition) is 1. The smallest absolute Gasteiger partial charge is 0.104 e. The number of aliphatic hydroxyl groups excluding tert-OH is 1. The van der Waals surface area contributed by atoms with E-state index in [9.17, 15) is 5.11 Å². The zero-order valence-electron chi connectivity index (χ0n) is 7.67. The Kier molecular flexibility index (Phi) is 0.981. The number of hydrogen-bond donors (Lipinski definition) is 1. The Morgan fingerprint density at radius 3 is 2.58 bits per heavy atom. The summed E-state index contributed by atoms with van der Waals surface area (Å²) in [6.07, 6.45) is 7.47. The average Bonchev–Trinajstić information content (AvgIpc) is 2.04. The lowest BCUT2D eigenvalue weighted by atomic mass is 9.34. The van der Waals surface area contributed by atoms with Crippen LogP contribution in [0.3, 0.4) is 0 Å². The summed E-state index contributed by atoms with van der Waals surface area (Å²) in [5.74, 6) is 1.47. The van der Waals surface area contributed by atoms with Gasteiger partial charge in [0.25, 0.3) is 0 Å². The van der Waals surface area contributed by atoms with Crippen LogP contribution < -0.4 is 0 Å². The molecule has 3 unspecified atom stereocenters. The Labute approximate surface area is 73.5 Å². The monoisotopic (exact) mass is 163 g/mol. The van der Waals surface area contributed by atoms with Crippen molar-refractivity contribution in [2.75, 3.05) is 0 Å². The Bertz CT molecular complexity index is 266. The van der Waals surface area contributed by atoms with Crippen LogP contribution in [-0.2, 0) is 0 Å². The van der Waals surface area contributed by atoms with Crippen molar-refractivity contribution in [3.8, 4) is 0 Å². The summed E-state index contributed by atoms with van der Waals surface area (Å²) in [5.41, 5.74) is 0.404. The van der Waals surface area contributed by atoms with E-state index >= 15 is 0 Å². The number of aliphatic hydroxyl groups is 1. The van der Waals surface area contributed by atoms with Gasteiger partial charge in [-0.25, -0.2) is 0 Å². The van der Waals surface area contributed by atoms with E-state index in [1.807, 2.05) is 0 Å². The first-order valence-corrected chi connectivity index (χ1v) is 4.82. The fourth-order valence-electron chi connectivity index (χ4n) is 3.66. The molecule has 0 saturated heterocycles. The average molecular weight is 163 g/mol. The Morgan fingerprint density at radius 1 is 1.50 bits per heavy atom. The lowest BCUT2D eigenvalue weighted by molar-refractivity contribution is -0.178. The molecule has 1 radical (unpaired) electrons. The van der Waals surface area contributed by atoms with Gasteiger partial charge in [0, 0.05) is 5.41 Å². The second-order valence-electron chi connectivity index (χ2n) is 5.18. The van der Waals surface area contributed by atoms with Gasteiger partial charge >= 0.3 is 0 Å². The zero-order chi connectivity index (χ0) is 8.56. The maximum Gasteiger partial charge on any atom is 0.104 e. The van der Waals surface area contributed by atoms with Gasteiger partial charge in [-0.1, -0.05) is 26.0 Å². The van der Waals surface area contributed by atoms with Crippen LogP contribution in [0.4, 0.5) is 0 Å². The van der Waals surface area contributed by atoms with Crippen LogP contribution >= 0.6 is 0 Å². The molecule has 3 bridgehead atoms. The van der Waals surface area contributed by atoms with Crippen LogP contribution in [0.1, 0.15) is 26.7 Å². The molecular weight excluding hydrogens is 148 g/mol. The summed E-state index contributed by atoms with van der Waals surface area (Å²) in [6.45, 7) is 4.60. The van der Waals surface area contributed by atoms with E-state index in [-0.39, 0.29) is 5.41 Å². The van der Waals surface area contributed by atoms with Crippen LogP contribution in [0.25, 0.3) is 0 Å². The van der Waals surface area contributed by atoms with Gasteiger partial charge in [0.2, 0.25) is 0 Å². The van der Waals surface area contributed by atoms with Crippen molar-refractivity contribution < 1.29 is 5.11 Å². The summed E-state index contributed by atoms with van der Waals surface area (Å²) in [7, 11) is 0. The van der Waals surface area contributed by atoms with E-state index in [0.717, 1.165) is 18.4 Å². The molecule has 3 fully saturated rings. The minimum Gasteiger partial charge on any atom is -0.386 e.